The average molecular weight is 374 g/mol. The minimum Gasteiger partial charge on any atom is -0.383 e. The number of halogens is 2. The number of nitrogens with one attached hydrogen (secondary N) is 2. The number of benzene rings is 1. The lowest BCUT2D eigenvalue weighted by molar-refractivity contribution is 0.597. The zero-order valence-corrected chi connectivity index (χ0v) is 13.5. The van der Waals surface area contributed by atoms with E-state index in [1.165, 1.54) is 18.3 Å². The Labute approximate surface area is 130 Å². The normalized spacial score (nSPS) is 11.2. The molecule has 0 unspecified atom stereocenters. The van der Waals surface area contributed by atoms with E-state index in [0.717, 1.165) is 6.07 Å². The molecule has 0 spiro atoms. The van der Waals surface area contributed by atoms with Crippen LogP contribution in [0.25, 0.3) is 0 Å². The summed E-state index contributed by atoms with van der Waals surface area (Å²) in [5.74, 6) is -0.553. The molecule has 0 aliphatic carbocycles. The van der Waals surface area contributed by atoms with Crippen LogP contribution in [0.3, 0.4) is 0 Å². The van der Waals surface area contributed by atoms with E-state index in [2.05, 4.69) is 31.0 Å². The van der Waals surface area contributed by atoms with Crippen LogP contribution >= 0.6 is 15.9 Å². The molecule has 0 amide bonds. The van der Waals surface area contributed by atoms with Gasteiger partial charge in [0.05, 0.1) is 15.8 Å². The number of hydrogen-bond donors (Lipinski definition) is 2. The van der Waals surface area contributed by atoms with Crippen molar-refractivity contribution >= 4 is 37.3 Å². The van der Waals surface area contributed by atoms with Crippen molar-refractivity contribution in [2.75, 3.05) is 16.6 Å². The molecule has 2 aromatic rings. The van der Waals surface area contributed by atoms with E-state index in [9.17, 15) is 12.8 Å². The van der Waals surface area contributed by atoms with Crippen LogP contribution in [0.2, 0.25) is 0 Å². The highest BCUT2D eigenvalue weighted by atomic mass is 79.9. The van der Waals surface area contributed by atoms with Crippen LogP contribution in [-0.2, 0) is 10.0 Å². The second kappa shape index (κ2) is 6.40. The molecule has 1 aromatic heterocycles. The largest absolute Gasteiger partial charge is 0.383 e. The van der Waals surface area contributed by atoms with E-state index in [4.69, 9.17) is 0 Å². The van der Waals surface area contributed by atoms with E-state index in [1.54, 1.807) is 12.1 Å². The van der Waals surface area contributed by atoms with Gasteiger partial charge in [-0.25, -0.2) is 9.37 Å². The maximum Gasteiger partial charge on any atom is 0.281 e. The minimum atomic E-state index is -3.90. The fourth-order valence-electron chi connectivity index (χ4n) is 1.69. The SMILES string of the molecule is CCNc1cccnc1S(=O)(=O)Nc1ccc(Br)c(F)c1. The van der Waals surface area contributed by atoms with Gasteiger partial charge in [-0.15, -0.1) is 0 Å². The monoisotopic (exact) mass is 373 g/mol. The first-order chi connectivity index (χ1) is 9.94. The molecular weight excluding hydrogens is 361 g/mol. The van der Waals surface area contributed by atoms with Gasteiger partial charge in [0.1, 0.15) is 5.82 Å². The van der Waals surface area contributed by atoms with Gasteiger partial charge in [0.15, 0.2) is 5.03 Å². The topological polar surface area (TPSA) is 71.1 Å². The Balaban J connectivity index is 2.36. The summed E-state index contributed by atoms with van der Waals surface area (Å²) in [6.45, 7) is 2.40. The van der Waals surface area contributed by atoms with Crippen LogP contribution in [0.1, 0.15) is 6.92 Å². The highest BCUT2D eigenvalue weighted by Crippen LogP contribution is 2.24. The molecule has 0 aliphatic heterocycles. The Bertz CT molecular complexity index is 753. The molecule has 0 aliphatic rings. The van der Waals surface area contributed by atoms with Crippen molar-refractivity contribution in [1.82, 2.24) is 4.98 Å². The number of sulfonamides is 1. The summed E-state index contributed by atoms with van der Waals surface area (Å²) >= 11 is 3.01. The Morgan fingerprint density at radius 2 is 2.10 bits per heavy atom. The second-order valence-corrected chi connectivity index (χ2v) is 6.57. The lowest BCUT2D eigenvalue weighted by Crippen LogP contribution is -2.17. The molecule has 0 atom stereocenters. The van der Waals surface area contributed by atoms with Gasteiger partial charge in [-0.1, -0.05) is 0 Å². The van der Waals surface area contributed by atoms with Crippen molar-refractivity contribution in [2.45, 2.75) is 11.9 Å². The standard InChI is InChI=1S/C13H13BrFN3O2S/c1-2-16-12-4-3-7-17-13(12)21(19,20)18-9-5-6-10(14)11(15)8-9/h3-8,16,18H,2H2,1H3. The predicted octanol–water partition coefficient (Wildman–Crippen LogP) is 3.22. The molecular formula is C13H13BrFN3O2S. The number of hydrogen-bond acceptors (Lipinski definition) is 4. The van der Waals surface area contributed by atoms with Crippen molar-refractivity contribution in [3.8, 4) is 0 Å². The molecule has 8 heteroatoms. The number of rotatable bonds is 5. The van der Waals surface area contributed by atoms with Crippen molar-refractivity contribution < 1.29 is 12.8 Å². The lowest BCUT2D eigenvalue weighted by atomic mass is 10.3. The fraction of sp³-hybridized carbons (Fsp3) is 0.154. The average Bonchev–Trinajstić information content (AvgIpc) is 2.43. The lowest BCUT2D eigenvalue weighted by Gasteiger charge is -2.12. The molecule has 21 heavy (non-hydrogen) atoms. The van der Waals surface area contributed by atoms with E-state index in [0.29, 0.717) is 12.2 Å². The van der Waals surface area contributed by atoms with Gasteiger partial charge in [0.25, 0.3) is 10.0 Å². The molecule has 0 saturated carbocycles. The van der Waals surface area contributed by atoms with Gasteiger partial charge in [-0.05, 0) is 53.2 Å². The zero-order valence-electron chi connectivity index (χ0n) is 11.1. The van der Waals surface area contributed by atoms with Crippen LogP contribution in [0, 0.1) is 5.82 Å². The Morgan fingerprint density at radius 3 is 2.76 bits per heavy atom. The maximum atomic E-state index is 13.4. The molecule has 0 bridgehead atoms. The molecule has 1 aromatic carbocycles. The first kappa shape index (κ1) is 15.7. The number of nitrogens with zero attached hydrogens (tertiary/aromatic N) is 1. The van der Waals surface area contributed by atoms with Crippen LogP contribution in [0.4, 0.5) is 15.8 Å². The van der Waals surface area contributed by atoms with Crippen molar-refractivity contribution in [2.24, 2.45) is 0 Å². The van der Waals surface area contributed by atoms with Gasteiger partial charge < -0.3 is 5.32 Å². The van der Waals surface area contributed by atoms with Crippen LogP contribution in [0.5, 0.6) is 0 Å². The molecule has 5 nitrogen and oxygen atoms in total. The van der Waals surface area contributed by atoms with Gasteiger partial charge in [0, 0.05) is 12.7 Å². The molecule has 1 heterocycles. The Hall–Kier alpha value is -1.67. The van der Waals surface area contributed by atoms with E-state index < -0.39 is 15.8 Å². The molecule has 2 rings (SSSR count). The van der Waals surface area contributed by atoms with Crippen LogP contribution in [0.15, 0.2) is 46.0 Å². The van der Waals surface area contributed by atoms with Crippen LogP contribution in [-0.4, -0.2) is 19.9 Å². The number of aromatic nitrogens is 1. The zero-order chi connectivity index (χ0) is 15.5. The summed E-state index contributed by atoms with van der Waals surface area (Å²) < 4.78 is 40.7. The minimum absolute atomic E-state index is 0.129. The summed E-state index contributed by atoms with van der Waals surface area (Å²) in [4.78, 5) is 3.89. The van der Waals surface area contributed by atoms with Crippen molar-refractivity contribution in [1.29, 1.82) is 0 Å². The number of pyridine rings is 1. The quantitative estimate of drug-likeness (QED) is 0.843. The molecule has 112 valence electrons. The van der Waals surface area contributed by atoms with Crippen molar-refractivity contribution in [3.63, 3.8) is 0 Å². The number of anilines is 2. The summed E-state index contributed by atoms with van der Waals surface area (Å²) in [5.41, 5.74) is 0.522. The van der Waals surface area contributed by atoms with E-state index in [1.807, 2.05) is 6.92 Å². The van der Waals surface area contributed by atoms with Gasteiger partial charge in [-0.2, -0.15) is 8.42 Å². The third kappa shape index (κ3) is 3.70. The van der Waals surface area contributed by atoms with Gasteiger partial charge in [0.2, 0.25) is 0 Å². The smallest absolute Gasteiger partial charge is 0.281 e. The summed E-state index contributed by atoms with van der Waals surface area (Å²) in [7, 11) is -3.90. The molecule has 0 saturated heterocycles. The Kier molecular flexibility index (Phi) is 4.79. The fourth-order valence-corrected chi connectivity index (χ4v) is 3.10. The second-order valence-electron chi connectivity index (χ2n) is 4.12. The summed E-state index contributed by atoms with van der Waals surface area (Å²) in [6, 6.07) is 7.23. The van der Waals surface area contributed by atoms with Crippen LogP contribution < -0.4 is 10.0 Å². The first-order valence-electron chi connectivity index (χ1n) is 6.11. The highest BCUT2D eigenvalue weighted by Gasteiger charge is 2.20. The molecule has 0 radical (unpaired) electrons. The maximum absolute atomic E-state index is 13.4. The Morgan fingerprint density at radius 1 is 1.33 bits per heavy atom. The van der Waals surface area contributed by atoms with Gasteiger partial charge >= 0.3 is 0 Å². The third-order valence-electron chi connectivity index (χ3n) is 2.56. The summed E-state index contributed by atoms with van der Waals surface area (Å²) in [6.07, 6.45) is 1.39. The predicted molar refractivity (Wildman–Crippen MR) is 83.3 cm³/mol. The van der Waals surface area contributed by atoms with Crippen molar-refractivity contribution in [3.05, 3.63) is 46.8 Å². The van der Waals surface area contributed by atoms with Gasteiger partial charge in [-0.3, -0.25) is 4.72 Å². The highest BCUT2D eigenvalue weighted by molar-refractivity contribution is 9.10. The summed E-state index contributed by atoms with van der Waals surface area (Å²) in [5, 5.41) is 2.80. The van der Waals surface area contributed by atoms with E-state index in [-0.39, 0.29) is 15.2 Å². The molecule has 2 N–H and O–H groups in total. The third-order valence-corrected chi connectivity index (χ3v) is 4.55. The van der Waals surface area contributed by atoms with E-state index >= 15 is 0 Å². The molecule has 0 fully saturated rings. The first-order valence-corrected chi connectivity index (χ1v) is 8.38.